The van der Waals surface area contributed by atoms with Crippen LogP contribution in [0.1, 0.15) is 20.9 Å². The van der Waals surface area contributed by atoms with Crippen LogP contribution in [0.3, 0.4) is 0 Å². The molecule has 124 valence electrons. The van der Waals surface area contributed by atoms with Crippen molar-refractivity contribution in [3.8, 4) is 0 Å². The molecule has 0 saturated carbocycles. The predicted molar refractivity (Wildman–Crippen MR) is 101 cm³/mol. The molecule has 0 amide bonds. The van der Waals surface area contributed by atoms with Crippen LogP contribution in [0.2, 0.25) is 0 Å². The van der Waals surface area contributed by atoms with Crippen molar-refractivity contribution in [2.45, 2.75) is 6.92 Å². The second-order valence-electron chi connectivity index (χ2n) is 5.01. The van der Waals surface area contributed by atoms with Crippen LogP contribution >= 0.6 is 11.3 Å². The third-order valence-corrected chi connectivity index (χ3v) is 4.27. The average Bonchev–Trinajstić information content (AvgIpc) is 3.02. The van der Waals surface area contributed by atoms with E-state index in [2.05, 4.69) is 25.1 Å². The van der Waals surface area contributed by atoms with Crippen LogP contribution in [0.25, 0.3) is 17.7 Å². The minimum Gasteiger partial charge on any atom is -0.503 e. The zero-order chi connectivity index (χ0) is 17.4. The Bertz CT molecular complexity index is 782. The minimum atomic E-state index is -0.428. The standard InChI is InChI=1S/C20H20O3S/c1-15-12-13-17(24-15)10-6-4-8-16-9-5-7-11-18(16)19(14-22-2)20(21)23-3/h4-14H,1-3H3. The first kappa shape index (κ1) is 17.8. The lowest BCUT2D eigenvalue weighted by atomic mass is 10.00. The van der Waals surface area contributed by atoms with Gasteiger partial charge in [-0.1, -0.05) is 42.5 Å². The van der Waals surface area contributed by atoms with Crippen molar-refractivity contribution in [2.24, 2.45) is 0 Å². The highest BCUT2D eigenvalue weighted by molar-refractivity contribution is 7.12. The Labute approximate surface area is 146 Å². The van der Waals surface area contributed by atoms with Crippen molar-refractivity contribution in [3.05, 3.63) is 75.7 Å². The van der Waals surface area contributed by atoms with Crippen LogP contribution in [-0.4, -0.2) is 20.2 Å². The number of benzene rings is 1. The van der Waals surface area contributed by atoms with Gasteiger partial charge in [-0.2, -0.15) is 0 Å². The highest BCUT2D eigenvalue weighted by atomic mass is 32.1. The van der Waals surface area contributed by atoms with E-state index in [1.807, 2.05) is 42.5 Å². The van der Waals surface area contributed by atoms with Gasteiger partial charge in [0.05, 0.1) is 20.5 Å². The normalized spacial score (nSPS) is 12.0. The fraction of sp³-hybridized carbons (Fsp3) is 0.150. The summed E-state index contributed by atoms with van der Waals surface area (Å²) in [6.45, 7) is 2.09. The Morgan fingerprint density at radius 2 is 1.79 bits per heavy atom. The van der Waals surface area contributed by atoms with E-state index in [0.717, 1.165) is 11.1 Å². The summed E-state index contributed by atoms with van der Waals surface area (Å²) in [5.74, 6) is -0.428. The Balaban J connectivity index is 2.25. The molecule has 0 spiro atoms. The van der Waals surface area contributed by atoms with E-state index in [1.54, 1.807) is 11.3 Å². The van der Waals surface area contributed by atoms with Crippen molar-refractivity contribution in [3.63, 3.8) is 0 Å². The molecule has 0 aliphatic heterocycles. The van der Waals surface area contributed by atoms with Crippen molar-refractivity contribution in [2.75, 3.05) is 14.2 Å². The molecule has 1 heterocycles. The molecule has 2 aromatic rings. The van der Waals surface area contributed by atoms with Gasteiger partial charge in [-0.15, -0.1) is 11.3 Å². The summed E-state index contributed by atoms with van der Waals surface area (Å²) in [5, 5.41) is 0. The molecule has 0 aliphatic rings. The molecule has 3 nitrogen and oxygen atoms in total. The molecule has 0 atom stereocenters. The first-order valence-corrected chi connectivity index (χ1v) is 8.29. The van der Waals surface area contributed by atoms with Gasteiger partial charge >= 0.3 is 5.97 Å². The molecule has 0 aliphatic carbocycles. The first-order chi connectivity index (χ1) is 11.7. The van der Waals surface area contributed by atoms with E-state index < -0.39 is 5.97 Å². The monoisotopic (exact) mass is 340 g/mol. The number of carbonyl (C=O) groups is 1. The number of methoxy groups -OCH3 is 2. The molecule has 1 aromatic heterocycles. The minimum absolute atomic E-state index is 0.387. The molecule has 2 rings (SSSR count). The smallest absolute Gasteiger partial charge is 0.341 e. The largest absolute Gasteiger partial charge is 0.503 e. The number of rotatable bonds is 6. The number of ether oxygens (including phenoxy) is 2. The van der Waals surface area contributed by atoms with Gasteiger partial charge in [-0.25, -0.2) is 4.79 Å². The molecule has 1 aromatic carbocycles. The fourth-order valence-corrected chi connectivity index (χ4v) is 2.98. The molecule has 0 saturated heterocycles. The maximum absolute atomic E-state index is 12.0. The van der Waals surface area contributed by atoms with Gasteiger partial charge in [0.1, 0.15) is 5.57 Å². The van der Waals surface area contributed by atoms with E-state index >= 15 is 0 Å². The second-order valence-corrected chi connectivity index (χ2v) is 6.33. The maximum Gasteiger partial charge on any atom is 0.341 e. The molecule has 0 unspecified atom stereocenters. The zero-order valence-corrected chi connectivity index (χ0v) is 14.8. The quantitative estimate of drug-likeness (QED) is 0.323. The van der Waals surface area contributed by atoms with Crippen LogP contribution in [0, 0.1) is 6.92 Å². The molecular formula is C20H20O3S. The van der Waals surface area contributed by atoms with Gasteiger partial charge < -0.3 is 9.47 Å². The number of aryl methyl sites for hydroxylation is 1. The number of hydrogen-bond acceptors (Lipinski definition) is 4. The van der Waals surface area contributed by atoms with Crippen LogP contribution in [-0.2, 0) is 14.3 Å². The third-order valence-electron chi connectivity index (χ3n) is 3.30. The van der Waals surface area contributed by atoms with E-state index in [1.165, 1.54) is 30.2 Å². The van der Waals surface area contributed by atoms with E-state index in [-0.39, 0.29) is 0 Å². The Morgan fingerprint density at radius 3 is 2.46 bits per heavy atom. The fourth-order valence-electron chi connectivity index (χ4n) is 2.19. The topological polar surface area (TPSA) is 35.5 Å². The Morgan fingerprint density at radius 1 is 1.04 bits per heavy atom. The summed E-state index contributed by atoms with van der Waals surface area (Å²) in [6.07, 6.45) is 9.36. The molecule has 0 radical (unpaired) electrons. The predicted octanol–water partition coefficient (Wildman–Crippen LogP) is 4.94. The Kier molecular flexibility index (Phi) is 6.58. The van der Waals surface area contributed by atoms with Gasteiger partial charge in [-0.05, 0) is 36.3 Å². The summed E-state index contributed by atoms with van der Waals surface area (Å²) in [7, 11) is 2.86. The highest BCUT2D eigenvalue weighted by Crippen LogP contribution is 2.22. The summed E-state index contributed by atoms with van der Waals surface area (Å²) in [6, 6.07) is 11.8. The van der Waals surface area contributed by atoms with Crippen molar-refractivity contribution >= 4 is 35.0 Å². The Hall–Kier alpha value is -2.59. The van der Waals surface area contributed by atoms with Gasteiger partial charge in [-0.3, -0.25) is 0 Å². The second kappa shape index (κ2) is 8.89. The molecule has 0 fully saturated rings. The molecule has 0 bridgehead atoms. The molecule has 24 heavy (non-hydrogen) atoms. The number of esters is 1. The van der Waals surface area contributed by atoms with E-state index in [4.69, 9.17) is 9.47 Å². The van der Waals surface area contributed by atoms with Crippen LogP contribution in [0.15, 0.2) is 54.8 Å². The number of carbonyl (C=O) groups excluding carboxylic acids is 1. The van der Waals surface area contributed by atoms with E-state index in [9.17, 15) is 4.79 Å². The molecule has 4 heteroatoms. The lowest BCUT2D eigenvalue weighted by Crippen LogP contribution is -2.05. The van der Waals surface area contributed by atoms with Crippen molar-refractivity contribution in [1.82, 2.24) is 0 Å². The lowest BCUT2D eigenvalue weighted by Gasteiger charge is -2.08. The average molecular weight is 340 g/mol. The van der Waals surface area contributed by atoms with Gasteiger partial charge in [0.2, 0.25) is 0 Å². The van der Waals surface area contributed by atoms with E-state index in [0.29, 0.717) is 5.57 Å². The van der Waals surface area contributed by atoms with Crippen molar-refractivity contribution < 1.29 is 14.3 Å². The zero-order valence-electron chi connectivity index (χ0n) is 14.0. The van der Waals surface area contributed by atoms with Crippen molar-refractivity contribution in [1.29, 1.82) is 0 Å². The summed E-state index contributed by atoms with van der Waals surface area (Å²) in [5.41, 5.74) is 2.07. The van der Waals surface area contributed by atoms with Gasteiger partial charge in [0, 0.05) is 9.75 Å². The summed E-state index contributed by atoms with van der Waals surface area (Å²) >= 11 is 1.75. The maximum atomic E-state index is 12.0. The summed E-state index contributed by atoms with van der Waals surface area (Å²) in [4.78, 5) is 14.5. The highest BCUT2D eigenvalue weighted by Gasteiger charge is 2.15. The van der Waals surface area contributed by atoms with Gasteiger partial charge in [0.15, 0.2) is 0 Å². The first-order valence-electron chi connectivity index (χ1n) is 7.47. The van der Waals surface area contributed by atoms with Gasteiger partial charge in [0.25, 0.3) is 0 Å². The SMILES string of the molecule is COC=C(C(=O)OC)c1ccccc1C=CC=Cc1ccc(C)s1. The lowest BCUT2D eigenvalue weighted by molar-refractivity contribution is -0.133. The van der Waals surface area contributed by atoms with Crippen LogP contribution < -0.4 is 0 Å². The number of hydrogen-bond donors (Lipinski definition) is 0. The summed E-state index contributed by atoms with van der Waals surface area (Å²) < 4.78 is 9.86. The van der Waals surface area contributed by atoms with Crippen LogP contribution in [0.4, 0.5) is 0 Å². The number of allylic oxidation sites excluding steroid dienone is 2. The number of thiophene rings is 1. The molecule has 0 N–H and O–H groups in total. The molecular weight excluding hydrogens is 320 g/mol. The van der Waals surface area contributed by atoms with Crippen LogP contribution in [0.5, 0.6) is 0 Å². The third kappa shape index (κ3) is 4.70.